The number of anilines is 2. The predicted octanol–water partition coefficient (Wildman–Crippen LogP) is 5.04. The van der Waals surface area contributed by atoms with E-state index in [4.69, 9.17) is 27.8 Å². The predicted molar refractivity (Wildman–Crippen MR) is 118 cm³/mol. The Kier molecular flexibility index (Phi) is 5.28. The molecular formula is C20H16BrClN6O. The highest BCUT2D eigenvalue weighted by Crippen LogP contribution is 2.26. The number of hydrogen-bond donors (Lipinski definition) is 2. The molecule has 4 aromatic heterocycles. The summed E-state index contributed by atoms with van der Waals surface area (Å²) in [4.78, 5) is 8.22. The molecule has 0 unspecified atom stereocenters. The molecule has 0 saturated carbocycles. The first-order valence-corrected chi connectivity index (χ1v) is 9.70. The summed E-state index contributed by atoms with van der Waals surface area (Å²) in [6, 6.07) is 10.8. The van der Waals surface area contributed by atoms with Crippen LogP contribution in [0.3, 0.4) is 0 Å². The maximum Gasteiger partial charge on any atom is 0.160 e. The molecule has 0 spiro atoms. The van der Waals surface area contributed by atoms with Gasteiger partial charge in [-0.15, -0.1) is 0 Å². The number of nitrogens with zero attached hydrogens (tertiary/aromatic N) is 4. The summed E-state index contributed by atoms with van der Waals surface area (Å²) in [5.74, 6) is 1.31. The van der Waals surface area contributed by atoms with Gasteiger partial charge in [0.1, 0.15) is 11.5 Å². The van der Waals surface area contributed by atoms with Crippen molar-refractivity contribution in [2.45, 2.75) is 0 Å². The second-order valence-corrected chi connectivity index (χ2v) is 7.47. The van der Waals surface area contributed by atoms with Crippen molar-refractivity contribution in [3.63, 3.8) is 0 Å². The lowest BCUT2D eigenvalue weighted by Gasteiger charge is -2.07. The fourth-order valence-electron chi connectivity index (χ4n) is 2.78. The average molecular weight is 472 g/mol. The van der Waals surface area contributed by atoms with E-state index in [9.17, 15) is 0 Å². The molecule has 0 atom stereocenters. The van der Waals surface area contributed by atoms with Gasteiger partial charge in [-0.25, -0.2) is 9.97 Å². The Morgan fingerprint density at radius 2 is 1.52 bits per heavy atom. The second kappa shape index (κ2) is 8.02. The Bertz CT molecular complexity index is 1300. The molecule has 0 aliphatic rings. The van der Waals surface area contributed by atoms with E-state index in [2.05, 4.69) is 25.9 Å². The third-order valence-electron chi connectivity index (χ3n) is 4.01. The van der Waals surface area contributed by atoms with Gasteiger partial charge in [0.2, 0.25) is 0 Å². The van der Waals surface area contributed by atoms with Gasteiger partial charge >= 0.3 is 0 Å². The van der Waals surface area contributed by atoms with Crippen LogP contribution in [0.15, 0.2) is 78.1 Å². The standard InChI is InChI=1S/C13H10ClN3O.C7H6BrN3/c14-9-2-1-3-10(6-9)18-11-7-12(15)13-16-4-5-17(13)8-11;8-5-3-6(9)7-10-1-2-11(7)4-5/h1-8H,15H2;1-4H,9H2. The number of nitrogen functional groups attached to an aromatic ring is 2. The molecule has 4 N–H and O–H groups in total. The lowest BCUT2D eigenvalue weighted by atomic mass is 10.3. The minimum atomic E-state index is 0.569. The van der Waals surface area contributed by atoms with Gasteiger partial charge in [-0.1, -0.05) is 17.7 Å². The zero-order valence-corrected chi connectivity index (χ0v) is 17.4. The van der Waals surface area contributed by atoms with Crippen LogP contribution in [0.5, 0.6) is 11.5 Å². The fraction of sp³-hybridized carbons (Fsp3) is 0. The molecule has 7 nitrogen and oxygen atoms in total. The number of rotatable bonds is 2. The van der Waals surface area contributed by atoms with Crippen LogP contribution in [0.1, 0.15) is 0 Å². The third-order valence-corrected chi connectivity index (χ3v) is 4.67. The van der Waals surface area contributed by atoms with Crippen LogP contribution < -0.4 is 16.2 Å². The van der Waals surface area contributed by atoms with E-state index in [1.807, 2.05) is 51.8 Å². The zero-order valence-electron chi connectivity index (χ0n) is 15.0. The van der Waals surface area contributed by atoms with E-state index >= 15 is 0 Å². The molecule has 0 radical (unpaired) electrons. The number of nitrogens with two attached hydrogens (primary N) is 2. The SMILES string of the molecule is Nc1cc(Br)cn2ccnc12.Nc1cc(Oc2cccc(Cl)c2)cn2ccnc12. The van der Waals surface area contributed by atoms with Gasteiger partial charge in [-0.05, 0) is 40.2 Å². The van der Waals surface area contributed by atoms with Crippen molar-refractivity contribution in [3.8, 4) is 11.5 Å². The van der Waals surface area contributed by atoms with Gasteiger partial charge < -0.3 is 25.0 Å². The van der Waals surface area contributed by atoms with E-state index in [1.54, 1.807) is 30.6 Å². The van der Waals surface area contributed by atoms with Crippen LogP contribution in [0.2, 0.25) is 5.02 Å². The first kappa shape index (κ1) is 19.1. The molecule has 5 aromatic rings. The highest BCUT2D eigenvalue weighted by molar-refractivity contribution is 9.10. The van der Waals surface area contributed by atoms with Crippen LogP contribution in [-0.2, 0) is 0 Å². The first-order chi connectivity index (χ1) is 14.0. The van der Waals surface area contributed by atoms with Crippen molar-refractivity contribution in [3.05, 3.63) is 83.1 Å². The maximum absolute atomic E-state index is 5.90. The molecule has 5 rings (SSSR count). The van der Waals surface area contributed by atoms with Crippen molar-refractivity contribution in [1.82, 2.24) is 18.8 Å². The lowest BCUT2D eigenvalue weighted by molar-refractivity contribution is 0.480. The van der Waals surface area contributed by atoms with E-state index in [0.29, 0.717) is 33.5 Å². The monoisotopic (exact) mass is 470 g/mol. The van der Waals surface area contributed by atoms with Gasteiger partial charge in [0.25, 0.3) is 0 Å². The van der Waals surface area contributed by atoms with Gasteiger partial charge in [0, 0.05) is 46.5 Å². The zero-order chi connectivity index (χ0) is 20.4. The fourth-order valence-corrected chi connectivity index (χ4v) is 3.43. The minimum absolute atomic E-state index is 0.569. The number of hydrogen-bond acceptors (Lipinski definition) is 5. The quantitative estimate of drug-likeness (QED) is 0.376. The molecule has 0 bridgehead atoms. The maximum atomic E-state index is 5.90. The van der Waals surface area contributed by atoms with Crippen molar-refractivity contribution in [2.24, 2.45) is 0 Å². The van der Waals surface area contributed by atoms with Gasteiger partial charge in [-0.2, -0.15) is 0 Å². The molecule has 146 valence electrons. The van der Waals surface area contributed by atoms with E-state index in [1.165, 1.54) is 0 Å². The van der Waals surface area contributed by atoms with Crippen molar-refractivity contribution in [2.75, 3.05) is 11.5 Å². The van der Waals surface area contributed by atoms with E-state index in [-0.39, 0.29) is 0 Å². The van der Waals surface area contributed by atoms with Gasteiger partial charge in [0.05, 0.1) is 17.6 Å². The first-order valence-electron chi connectivity index (χ1n) is 8.53. The summed E-state index contributed by atoms with van der Waals surface area (Å²) >= 11 is 9.24. The molecule has 29 heavy (non-hydrogen) atoms. The van der Waals surface area contributed by atoms with Crippen LogP contribution >= 0.6 is 27.5 Å². The molecule has 4 heterocycles. The lowest BCUT2D eigenvalue weighted by Crippen LogP contribution is -1.94. The molecule has 0 saturated heterocycles. The number of imidazole rings is 2. The van der Waals surface area contributed by atoms with Crippen molar-refractivity contribution < 1.29 is 4.74 Å². The smallest absolute Gasteiger partial charge is 0.160 e. The van der Waals surface area contributed by atoms with Crippen molar-refractivity contribution >= 4 is 50.2 Å². The molecule has 0 fully saturated rings. The molecule has 0 aliphatic heterocycles. The Morgan fingerprint density at radius 1 is 0.862 bits per heavy atom. The van der Waals surface area contributed by atoms with Crippen LogP contribution in [-0.4, -0.2) is 18.8 Å². The summed E-state index contributed by atoms with van der Waals surface area (Å²) in [5.41, 5.74) is 14.4. The van der Waals surface area contributed by atoms with Gasteiger partial charge in [-0.3, -0.25) is 0 Å². The highest BCUT2D eigenvalue weighted by atomic mass is 79.9. The van der Waals surface area contributed by atoms with Gasteiger partial charge in [0.15, 0.2) is 11.3 Å². The highest BCUT2D eigenvalue weighted by Gasteiger charge is 2.04. The van der Waals surface area contributed by atoms with Crippen molar-refractivity contribution in [1.29, 1.82) is 0 Å². The Hall–Kier alpha value is -3.23. The topological polar surface area (TPSA) is 95.9 Å². The second-order valence-electron chi connectivity index (χ2n) is 6.12. The summed E-state index contributed by atoms with van der Waals surface area (Å²) < 4.78 is 10.4. The number of benzene rings is 1. The Labute approximate surface area is 179 Å². The molecular weight excluding hydrogens is 456 g/mol. The molecule has 9 heteroatoms. The summed E-state index contributed by atoms with van der Waals surface area (Å²) in [6.07, 6.45) is 10.8. The van der Waals surface area contributed by atoms with Crippen LogP contribution in [0, 0.1) is 0 Å². The number of pyridine rings is 2. The minimum Gasteiger partial charge on any atom is -0.456 e. The molecule has 0 aliphatic carbocycles. The van der Waals surface area contributed by atoms with E-state index in [0.717, 1.165) is 10.1 Å². The number of fused-ring (bicyclic) bond motifs is 2. The van der Waals surface area contributed by atoms with Crippen LogP contribution in [0.25, 0.3) is 11.3 Å². The summed E-state index contributed by atoms with van der Waals surface area (Å²) in [5, 5.41) is 0.629. The normalized spacial score (nSPS) is 10.7. The largest absolute Gasteiger partial charge is 0.456 e. The summed E-state index contributed by atoms with van der Waals surface area (Å²) in [6.45, 7) is 0. The molecule has 1 aromatic carbocycles. The number of halogens is 2. The summed E-state index contributed by atoms with van der Waals surface area (Å²) in [7, 11) is 0. The number of ether oxygens (including phenoxy) is 1. The number of aromatic nitrogens is 4. The average Bonchev–Trinajstić information content (AvgIpc) is 3.31. The molecule has 0 amide bonds. The van der Waals surface area contributed by atoms with E-state index < -0.39 is 0 Å². The van der Waals surface area contributed by atoms with Crippen LogP contribution in [0.4, 0.5) is 11.4 Å². The third kappa shape index (κ3) is 4.28. The Balaban J connectivity index is 0.000000159. The Morgan fingerprint density at radius 3 is 2.21 bits per heavy atom.